The minimum absolute atomic E-state index is 0.166. The molecular weight excluding hydrogens is 346 g/mol. The van der Waals surface area contributed by atoms with Gasteiger partial charge in [0.2, 0.25) is 0 Å². The first kappa shape index (κ1) is 22.7. The first-order chi connectivity index (χ1) is 12.3. The fourth-order valence-electron chi connectivity index (χ4n) is 2.39. The molecule has 1 rings (SSSR count). The van der Waals surface area contributed by atoms with E-state index in [-0.39, 0.29) is 5.92 Å². The topological polar surface area (TPSA) is 84.9 Å². The third kappa shape index (κ3) is 7.43. The van der Waals surface area contributed by atoms with Crippen LogP contribution in [0.5, 0.6) is 0 Å². The van der Waals surface area contributed by atoms with E-state index in [0.29, 0.717) is 0 Å². The molecule has 3 atom stereocenters. The van der Waals surface area contributed by atoms with Crippen molar-refractivity contribution in [1.29, 1.82) is 0 Å². The summed E-state index contributed by atoms with van der Waals surface area (Å²) in [6.45, 7) is 13.6. The zero-order valence-corrected chi connectivity index (χ0v) is 17.0. The monoisotopic (exact) mass is 377 g/mol. The van der Waals surface area contributed by atoms with E-state index < -0.39 is 35.4 Å². The minimum atomic E-state index is -1.55. The van der Waals surface area contributed by atoms with Gasteiger partial charge < -0.3 is 19.9 Å². The molecule has 0 heterocycles. The largest absolute Gasteiger partial charge is 0.455 e. The Hall–Kier alpha value is -2.34. The van der Waals surface area contributed by atoms with E-state index in [1.165, 1.54) is 13.8 Å². The Bertz CT molecular complexity index is 643. The number of aliphatic hydroxyl groups is 1. The fourth-order valence-corrected chi connectivity index (χ4v) is 2.39. The van der Waals surface area contributed by atoms with Gasteiger partial charge >= 0.3 is 12.1 Å². The van der Waals surface area contributed by atoms with Gasteiger partial charge in [-0.3, -0.25) is 0 Å². The molecule has 0 bridgehead atoms. The van der Waals surface area contributed by atoms with E-state index in [2.05, 4.69) is 11.9 Å². The van der Waals surface area contributed by atoms with Crippen LogP contribution in [-0.4, -0.2) is 34.4 Å². The first-order valence-electron chi connectivity index (χ1n) is 8.95. The first-order valence-corrected chi connectivity index (χ1v) is 8.95. The van der Waals surface area contributed by atoms with E-state index in [1.807, 2.05) is 37.3 Å². The van der Waals surface area contributed by atoms with Gasteiger partial charge in [0.05, 0.1) is 5.60 Å². The van der Waals surface area contributed by atoms with E-state index in [9.17, 15) is 14.7 Å². The smallest absolute Gasteiger partial charge is 0.408 e. The second-order valence-electron chi connectivity index (χ2n) is 8.10. The zero-order valence-electron chi connectivity index (χ0n) is 17.0. The van der Waals surface area contributed by atoms with Gasteiger partial charge in [0.25, 0.3) is 0 Å². The van der Waals surface area contributed by atoms with E-state index in [1.54, 1.807) is 26.8 Å². The van der Waals surface area contributed by atoms with Crippen LogP contribution in [0.4, 0.5) is 4.79 Å². The highest BCUT2D eigenvalue weighted by Gasteiger charge is 2.39. The predicted molar refractivity (Wildman–Crippen MR) is 104 cm³/mol. The molecule has 0 fully saturated rings. The molecule has 6 heteroatoms. The van der Waals surface area contributed by atoms with Crippen molar-refractivity contribution in [3.8, 4) is 0 Å². The van der Waals surface area contributed by atoms with Gasteiger partial charge in [-0.15, -0.1) is 6.58 Å². The molecule has 0 radical (unpaired) electrons. The summed E-state index contributed by atoms with van der Waals surface area (Å²) < 4.78 is 10.9. The second kappa shape index (κ2) is 9.04. The van der Waals surface area contributed by atoms with Crippen molar-refractivity contribution in [3.63, 3.8) is 0 Å². The molecule has 0 saturated carbocycles. The van der Waals surface area contributed by atoms with Gasteiger partial charge in [0.15, 0.2) is 6.04 Å². The van der Waals surface area contributed by atoms with Crippen molar-refractivity contribution in [3.05, 3.63) is 48.6 Å². The molecule has 1 aromatic rings. The van der Waals surface area contributed by atoms with Gasteiger partial charge in [-0.2, -0.15) is 0 Å². The lowest BCUT2D eigenvalue weighted by molar-refractivity contribution is -0.160. The number of esters is 1. The third-order valence-electron chi connectivity index (χ3n) is 3.82. The van der Waals surface area contributed by atoms with Crippen LogP contribution in [0, 0.1) is 5.92 Å². The second-order valence-corrected chi connectivity index (χ2v) is 8.10. The molecule has 1 amide bonds. The summed E-state index contributed by atoms with van der Waals surface area (Å²) in [6.07, 6.45) is 0.284. The van der Waals surface area contributed by atoms with Gasteiger partial charge in [0, 0.05) is 5.92 Å². The lowest BCUT2D eigenvalue weighted by atomic mass is 9.96. The van der Waals surface area contributed by atoms with Crippen LogP contribution in [0.1, 0.15) is 53.2 Å². The van der Waals surface area contributed by atoms with Crippen molar-refractivity contribution < 1.29 is 24.2 Å². The van der Waals surface area contributed by atoms with Gasteiger partial charge in [-0.1, -0.05) is 43.3 Å². The van der Waals surface area contributed by atoms with Crippen LogP contribution in [0.15, 0.2) is 43.0 Å². The molecule has 27 heavy (non-hydrogen) atoms. The number of ether oxygens (including phenoxy) is 2. The van der Waals surface area contributed by atoms with Crippen molar-refractivity contribution in [2.24, 2.45) is 5.92 Å². The van der Waals surface area contributed by atoms with Crippen molar-refractivity contribution in [1.82, 2.24) is 5.32 Å². The number of alkyl carbamates (subject to hydrolysis) is 1. The molecule has 0 aromatic heterocycles. The number of carbonyl (C=O) groups excluding carboxylic acids is 2. The fraction of sp³-hybridized carbons (Fsp3) is 0.524. The number of rotatable bonds is 7. The highest BCUT2D eigenvalue weighted by molar-refractivity contribution is 5.83. The van der Waals surface area contributed by atoms with Crippen molar-refractivity contribution in [2.75, 3.05) is 0 Å². The summed E-state index contributed by atoms with van der Waals surface area (Å²) in [4.78, 5) is 24.9. The number of hydrogen-bond donors (Lipinski definition) is 2. The molecule has 1 aromatic carbocycles. The molecule has 0 spiro atoms. The summed E-state index contributed by atoms with van der Waals surface area (Å²) in [5.74, 6) is -0.920. The minimum Gasteiger partial charge on any atom is -0.455 e. The molecular formula is C21H31NO5. The summed E-state index contributed by atoms with van der Waals surface area (Å²) >= 11 is 0. The van der Waals surface area contributed by atoms with Crippen LogP contribution < -0.4 is 5.32 Å². The highest BCUT2D eigenvalue weighted by atomic mass is 16.6. The average Bonchev–Trinajstić information content (AvgIpc) is 2.55. The maximum Gasteiger partial charge on any atom is 0.408 e. The van der Waals surface area contributed by atoms with Gasteiger partial charge in [-0.25, -0.2) is 9.59 Å². The molecule has 6 nitrogen and oxygen atoms in total. The Balaban J connectivity index is 3.03. The van der Waals surface area contributed by atoms with Crippen molar-refractivity contribution >= 4 is 12.1 Å². The number of nitrogens with one attached hydrogen (secondary N) is 1. The standard InChI is InChI=1S/C21H31NO5/c1-8-14(2)16(15-12-10-9-11-13-15)26-18(23)17(21(6,7)25)22-19(24)27-20(3,4)5/h8-14,16-17,25H,1H2,2-7H3,(H,22,24)/t14-,16+,17-/m1/s1. The molecule has 0 saturated heterocycles. The number of carbonyl (C=O) groups is 2. The number of benzene rings is 1. The zero-order chi connectivity index (χ0) is 20.8. The Morgan fingerprint density at radius 1 is 1.15 bits per heavy atom. The van der Waals surface area contributed by atoms with Crippen molar-refractivity contribution in [2.45, 2.75) is 64.9 Å². The van der Waals surface area contributed by atoms with Crippen LogP contribution >= 0.6 is 0 Å². The Morgan fingerprint density at radius 2 is 1.70 bits per heavy atom. The Labute approximate surface area is 161 Å². The summed E-state index contributed by atoms with van der Waals surface area (Å²) in [5, 5.41) is 12.8. The quantitative estimate of drug-likeness (QED) is 0.558. The molecule has 0 unspecified atom stereocenters. The molecule has 0 aliphatic carbocycles. The SMILES string of the molecule is C=C[C@@H](C)[C@H](OC(=O)[C@@H](NC(=O)OC(C)(C)C)C(C)(C)O)c1ccccc1. The Morgan fingerprint density at radius 3 is 2.15 bits per heavy atom. The maximum atomic E-state index is 12.8. The van der Waals surface area contributed by atoms with Gasteiger partial charge in [-0.05, 0) is 40.2 Å². The third-order valence-corrected chi connectivity index (χ3v) is 3.82. The highest BCUT2D eigenvalue weighted by Crippen LogP contribution is 2.28. The molecule has 0 aliphatic heterocycles. The number of hydrogen-bond acceptors (Lipinski definition) is 5. The molecule has 0 aliphatic rings. The summed E-state index contributed by atoms with van der Waals surface area (Å²) in [7, 11) is 0. The van der Waals surface area contributed by atoms with E-state index in [0.717, 1.165) is 5.56 Å². The summed E-state index contributed by atoms with van der Waals surface area (Å²) in [6, 6.07) is 7.95. The lowest BCUT2D eigenvalue weighted by Crippen LogP contribution is -2.55. The normalized spacial score (nSPS) is 15.2. The Kier molecular flexibility index (Phi) is 7.60. The lowest BCUT2D eigenvalue weighted by Gasteiger charge is -2.32. The van der Waals surface area contributed by atoms with Crippen LogP contribution in [0.25, 0.3) is 0 Å². The van der Waals surface area contributed by atoms with E-state index >= 15 is 0 Å². The average molecular weight is 377 g/mol. The van der Waals surface area contributed by atoms with E-state index in [4.69, 9.17) is 9.47 Å². The van der Waals surface area contributed by atoms with Crippen LogP contribution in [-0.2, 0) is 14.3 Å². The molecule has 150 valence electrons. The van der Waals surface area contributed by atoms with Crippen LogP contribution in [0.3, 0.4) is 0 Å². The van der Waals surface area contributed by atoms with Crippen LogP contribution in [0.2, 0.25) is 0 Å². The summed E-state index contributed by atoms with van der Waals surface area (Å²) in [5.41, 5.74) is -1.49. The molecule has 2 N–H and O–H groups in total. The predicted octanol–water partition coefficient (Wildman–Crippen LogP) is 3.76. The number of amides is 1. The van der Waals surface area contributed by atoms with Gasteiger partial charge in [0.1, 0.15) is 11.7 Å². The maximum absolute atomic E-state index is 12.8.